The Morgan fingerprint density at radius 1 is 1.14 bits per heavy atom. The Balaban J connectivity index is 1.77. The zero-order chi connectivity index (χ0) is 14.8. The third-order valence-electron chi connectivity index (χ3n) is 3.41. The highest BCUT2D eigenvalue weighted by atomic mass is 19.1. The van der Waals surface area contributed by atoms with Gasteiger partial charge in [-0.15, -0.1) is 0 Å². The van der Waals surface area contributed by atoms with Crippen LogP contribution in [0.3, 0.4) is 0 Å². The van der Waals surface area contributed by atoms with Gasteiger partial charge in [-0.1, -0.05) is 0 Å². The molecule has 2 aromatic rings. The van der Waals surface area contributed by atoms with Crippen molar-refractivity contribution in [3.05, 3.63) is 47.3 Å². The molecular weight excluding hydrogens is 274 g/mol. The molecule has 0 atom stereocenters. The maximum atomic E-state index is 13.6. The summed E-state index contributed by atoms with van der Waals surface area (Å²) in [5.41, 5.74) is 0.271. The summed E-state index contributed by atoms with van der Waals surface area (Å²) >= 11 is 0. The molecule has 0 bridgehead atoms. The summed E-state index contributed by atoms with van der Waals surface area (Å²) in [4.78, 5) is 8.84. The van der Waals surface area contributed by atoms with Crippen LogP contribution < -0.4 is 10.6 Å². The van der Waals surface area contributed by atoms with Crippen LogP contribution in [0.1, 0.15) is 30.1 Å². The van der Waals surface area contributed by atoms with Gasteiger partial charge in [0.2, 0.25) is 0 Å². The highest BCUT2D eigenvalue weighted by molar-refractivity contribution is 5.48. The van der Waals surface area contributed by atoms with Crippen molar-refractivity contribution in [3.8, 4) is 0 Å². The largest absolute Gasteiger partial charge is 0.373 e. The van der Waals surface area contributed by atoms with E-state index in [4.69, 9.17) is 0 Å². The molecule has 1 aromatic heterocycles. The normalized spacial score (nSPS) is 14.0. The third-order valence-corrected chi connectivity index (χ3v) is 3.41. The molecule has 1 fully saturated rings. The van der Waals surface area contributed by atoms with Gasteiger partial charge >= 0.3 is 0 Å². The Morgan fingerprint density at radius 2 is 1.90 bits per heavy atom. The number of nitrogens with zero attached hydrogens (tertiary/aromatic N) is 2. The smallest absolute Gasteiger partial charge is 0.136 e. The molecule has 1 saturated carbocycles. The van der Waals surface area contributed by atoms with E-state index >= 15 is 0 Å². The first-order chi connectivity index (χ1) is 10.2. The first kappa shape index (κ1) is 13.7. The summed E-state index contributed by atoms with van der Waals surface area (Å²) in [7, 11) is 1.79. The van der Waals surface area contributed by atoms with Crippen molar-refractivity contribution in [2.45, 2.75) is 25.3 Å². The molecular formula is C15H16F2N4. The molecule has 4 nitrogen and oxygen atoms in total. The monoisotopic (exact) mass is 290 g/mol. The van der Waals surface area contributed by atoms with E-state index in [1.807, 2.05) is 0 Å². The average molecular weight is 290 g/mol. The van der Waals surface area contributed by atoms with E-state index < -0.39 is 11.6 Å². The van der Waals surface area contributed by atoms with Gasteiger partial charge in [0.15, 0.2) is 0 Å². The third kappa shape index (κ3) is 3.26. The maximum absolute atomic E-state index is 13.6. The van der Waals surface area contributed by atoms with E-state index in [-0.39, 0.29) is 12.1 Å². The van der Waals surface area contributed by atoms with E-state index in [0.717, 1.165) is 30.8 Å². The number of nitrogens with one attached hydrogen (secondary N) is 2. The SMILES string of the molecule is CNc1cc(NCc2cc(F)ccc2F)nc(C2CC2)n1. The van der Waals surface area contributed by atoms with Gasteiger partial charge in [-0.2, -0.15) is 0 Å². The van der Waals surface area contributed by atoms with Crippen molar-refractivity contribution < 1.29 is 8.78 Å². The molecule has 0 amide bonds. The fraction of sp³-hybridized carbons (Fsp3) is 0.333. The molecule has 0 saturated heterocycles. The fourth-order valence-corrected chi connectivity index (χ4v) is 2.07. The number of hydrogen-bond acceptors (Lipinski definition) is 4. The number of hydrogen-bond donors (Lipinski definition) is 2. The topological polar surface area (TPSA) is 49.8 Å². The van der Waals surface area contributed by atoms with E-state index in [2.05, 4.69) is 20.6 Å². The minimum atomic E-state index is -0.453. The summed E-state index contributed by atoms with van der Waals surface area (Å²) < 4.78 is 26.7. The van der Waals surface area contributed by atoms with Crippen molar-refractivity contribution in [1.82, 2.24) is 9.97 Å². The van der Waals surface area contributed by atoms with Crippen LogP contribution in [0.15, 0.2) is 24.3 Å². The molecule has 1 aliphatic carbocycles. The Bertz CT molecular complexity index is 656. The van der Waals surface area contributed by atoms with E-state index in [0.29, 0.717) is 17.6 Å². The summed E-state index contributed by atoms with van der Waals surface area (Å²) in [5.74, 6) is 1.66. The first-order valence-electron chi connectivity index (χ1n) is 6.90. The fourth-order valence-electron chi connectivity index (χ4n) is 2.07. The molecule has 2 N–H and O–H groups in total. The maximum Gasteiger partial charge on any atom is 0.136 e. The predicted molar refractivity (Wildman–Crippen MR) is 77.2 cm³/mol. The van der Waals surface area contributed by atoms with Crippen LogP contribution in [0.5, 0.6) is 0 Å². The summed E-state index contributed by atoms with van der Waals surface area (Å²) in [6.45, 7) is 0.174. The molecule has 1 aromatic carbocycles. The molecule has 21 heavy (non-hydrogen) atoms. The number of rotatable bonds is 5. The molecule has 0 radical (unpaired) electrons. The van der Waals surface area contributed by atoms with Crippen molar-refractivity contribution in [2.24, 2.45) is 0 Å². The summed E-state index contributed by atoms with van der Waals surface area (Å²) in [6, 6.07) is 5.17. The molecule has 6 heteroatoms. The van der Waals surface area contributed by atoms with Crippen LogP contribution >= 0.6 is 0 Å². The number of benzene rings is 1. The number of aromatic nitrogens is 2. The van der Waals surface area contributed by atoms with Crippen molar-refractivity contribution in [2.75, 3.05) is 17.7 Å². The molecule has 3 rings (SSSR count). The highest BCUT2D eigenvalue weighted by Gasteiger charge is 2.27. The Morgan fingerprint density at radius 3 is 2.62 bits per heavy atom. The van der Waals surface area contributed by atoms with Crippen LogP contribution in [0.2, 0.25) is 0 Å². The van der Waals surface area contributed by atoms with Gasteiger partial charge in [-0.25, -0.2) is 18.7 Å². The van der Waals surface area contributed by atoms with Crippen molar-refractivity contribution in [3.63, 3.8) is 0 Å². The Kier molecular flexibility index (Phi) is 3.68. The van der Waals surface area contributed by atoms with Crippen LogP contribution in [-0.2, 0) is 6.54 Å². The van der Waals surface area contributed by atoms with E-state index in [1.54, 1.807) is 13.1 Å². The molecule has 0 spiro atoms. The van der Waals surface area contributed by atoms with E-state index in [1.165, 1.54) is 6.07 Å². The Hall–Kier alpha value is -2.24. The van der Waals surface area contributed by atoms with Gasteiger partial charge in [-0.05, 0) is 31.0 Å². The van der Waals surface area contributed by atoms with Crippen LogP contribution in [0.25, 0.3) is 0 Å². The second kappa shape index (κ2) is 5.63. The zero-order valence-corrected chi connectivity index (χ0v) is 11.7. The minimum absolute atomic E-state index is 0.174. The van der Waals surface area contributed by atoms with Crippen LogP contribution in [0.4, 0.5) is 20.4 Å². The molecule has 0 unspecified atom stereocenters. The quantitative estimate of drug-likeness (QED) is 0.887. The van der Waals surface area contributed by atoms with Gasteiger partial charge < -0.3 is 10.6 Å². The lowest BCUT2D eigenvalue weighted by Crippen LogP contribution is -2.07. The van der Waals surface area contributed by atoms with Gasteiger partial charge in [0.25, 0.3) is 0 Å². The van der Waals surface area contributed by atoms with E-state index in [9.17, 15) is 8.78 Å². The molecule has 1 heterocycles. The second-order valence-electron chi connectivity index (χ2n) is 5.11. The lowest BCUT2D eigenvalue weighted by molar-refractivity contribution is 0.587. The number of halogens is 2. The van der Waals surface area contributed by atoms with Crippen LogP contribution in [-0.4, -0.2) is 17.0 Å². The summed E-state index contributed by atoms with van der Waals surface area (Å²) in [5, 5.41) is 6.01. The zero-order valence-electron chi connectivity index (χ0n) is 11.7. The molecule has 110 valence electrons. The molecule has 0 aliphatic heterocycles. The first-order valence-corrected chi connectivity index (χ1v) is 6.90. The van der Waals surface area contributed by atoms with Gasteiger partial charge in [0.05, 0.1) is 0 Å². The summed E-state index contributed by atoms with van der Waals surface area (Å²) in [6.07, 6.45) is 2.20. The van der Waals surface area contributed by atoms with Crippen molar-refractivity contribution >= 4 is 11.6 Å². The van der Waals surface area contributed by atoms with Gasteiger partial charge in [0, 0.05) is 31.1 Å². The highest BCUT2D eigenvalue weighted by Crippen LogP contribution is 2.38. The van der Waals surface area contributed by atoms with Crippen molar-refractivity contribution in [1.29, 1.82) is 0 Å². The van der Waals surface area contributed by atoms with Gasteiger partial charge in [-0.3, -0.25) is 0 Å². The average Bonchev–Trinajstić information content (AvgIpc) is 3.32. The predicted octanol–water partition coefficient (Wildman–Crippen LogP) is 3.29. The minimum Gasteiger partial charge on any atom is -0.373 e. The Labute approximate surface area is 121 Å². The van der Waals surface area contributed by atoms with Gasteiger partial charge in [0.1, 0.15) is 29.1 Å². The lowest BCUT2D eigenvalue weighted by Gasteiger charge is -2.10. The standard InChI is InChI=1S/C15H16F2N4/c1-18-13-7-14(21-15(20-13)9-2-3-9)19-8-10-6-11(16)4-5-12(10)17/h4-7,9H,2-3,8H2,1H3,(H2,18,19,20,21). The second-order valence-corrected chi connectivity index (χ2v) is 5.11. The molecule has 1 aliphatic rings. The number of anilines is 2. The lowest BCUT2D eigenvalue weighted by atomic mass is 10.2. The van der Waals surface area contributed by atoms with Crippen LogP contribution in [0, 0.1) is 11.6 Å².